The highest BCUT2D eigenvalue weighted by Crippen LogP contribution is 2.33. The van der Waals surface area contributed by atoms with Gasteiger partial charge in [0.05, 0.1) is 16.8 Å². The van der Waals surface area contributed by atoms with Gasteiger partial charge in [0, 0.05) is 15.6 Å². The summed E-state index contributed by atoms with van der Waals surface area (Å²) < 4.78 is 5.68. The standard InChI is InChI=1S/C21H15Cl3N2O2S/c1-21(2,26-19(27)13-3-5-14(22)6-4-13)10-9-16-12-25-20(29-16)28-18-8-7-15(23)11-17(18)24/h3-8,11-12H,1-2H3,(H,26,27). The molecule has 1 heterocycles. The number of aromatic nitrogens is 1. The Kier molecular flexibility index (Phi) is 6.71. The normalized spacial score (nSPS) is 10.8. The fraction of sp³-hybridized carbons (Fsp3) is 0.143. The Morgan fingerprint density at radius 1 is 1.10 bits per heavy atom. The topological polar surface area (TPSA) is 51.2 Å². The molecule has 0 saturated heterocycles. The van der Waals surface area contributed by atoms with Gasteiger partial charge in [0.1, 0.15) is 10.6 Å². The van der Waals surface area contributed by atoms with E-state index in [0.717, 1.165) is 0 Å². The molecule has 29 heavy (non-hydrogen) atoms. The van der Waals surface area contributed by atoms with Crippen LogP contribution in [0.3, 0.4) is 0 Å². The molecule has 148 valence electrons. The molecule has 1 aromatic heterocycles. The monoisotopic (exact) mass is 464 g/mol. The number of hydrogen-bond donors (Lipinski definition) is 1. The Labute approximate surface area is 187 Å². The van der Waals surface area contributed by atoms with Gasteiger partial charge in [-0.2, -0.15) is 0 Å². The second-order valence-electron chi connectivity index (χ2n) is 6.50. The van der Waals surface area contributed by atoms with E-state index in [1.165, 1.54) is 11.3 Å². The number of thiazole rings is 1. The molecular weight excluding hydrogens is 451 g/mol. The van der Waals surface area contributed by atoms with Crippen molar-refractivity contribution in [2.24, 2.45) is 0 Å². The first-order valence-corrected chi connectivity index (χ1v) is 10.4. The summed E-state index contributed by atoms with van der Waals surface area (Å²) in [5, 5.41) is 4.78. The number of benzene rings is 2. The van der Waals surface area contributed by atoms with Crippen LogP contribution in [0.25, 0.3) is 0 Å². The van der Waals surface area contributed by atoms with Crippen LogP contribution < -0.4 is 10.1 Å². The minimum Gasteiger partial charge on any atom is -0.429 e. The van der Waals surface area contributed by atoms with E-state index in [-0.39, 0.29) is 5.91 Å². The smallest absolute Gasteiger partial charge is 0.279 e. The number of rotatable bonds is 4. The van der Waals surface area contributed by atoms with Crippen LogP contribution in [0.15, 0.2) is 48.7 Å². The summed E-state index contributed by atoms with van der Waals surface area (Å²) in [7, 11) is 0. The number of nitrogens with zero attached hydrogens (tertiary/aromatic N) is 1. The summed E-state index contributed by atoms with van der Waals surface area (Å²) in [4.78, 5) is 17.3. The molecule has 1 N–H and O–H groups in total. The average Bonchev–Trinajstić information content (AvgIpc) is 3.10. The third kappa shape index (κ3) is 6.12. The lowest BCUT2D eigenvalue weighted by atomic mass is 10.1. The van der Waals surface area contributed by atoms with E-state index in [1.807, 2.05) is 13.8 Å². The molecule has 0 radical (unpaired) electrons. The molecular formula is C21H15Cl3N2O2S. The Morgan fingerprint density at radius 2 is 1.79 bits per heavy atom. The Bertz CT molecular complexity index is 1100. The molecule has 3 rings (SSSR count). The van der Waals surface area contributed by atoms with Crippen LogP contribution in [0.4, 0.5) is 0 Å². The minimum absolute atomic E-state index is 0.230. The third-order valence-corrected chi connectivity index (χ3v) is 5.18. The molecule has 0 aliphatic rings. The van der Waals surface area contributed by atoms with Crippen molar-refractivity contribution >= 4 is 52.0 Å². The van der Waals surface area contributed by atoms with E-state index in [4.69, 9.17) is 39.5 Å². The summed E-state index contributed by atoms with van der Waals surface area (Å²) in [6.45, 7) is 3.64. The van der Waals surface area contributed by atoms with E-state index in [9.17, 15) is 4.79 Å². The first kappa shape index (κ1) is 21.5. The average molecular weight is 466 g/mol. The van der Waals surface area contributed by atoms with Crippen molar-refractivity contribution in [3.8, 4) is 22.8 Å². The largest absolute Gasteiger partial charge is 0.429 e. The van der Waals surface area contributed by atoms with Gasteiger partial charge in [-0.15, -0.1) is 0 Å². The molecule has 0 fully saturated rings. The number of halogens is 3. The first-order valence-electron chi connectivity index (χ1n) is 8.42. The molecule has 2 aromatic carbocycles. The van der Waals surface area contributed by atoms with E-state index < -0.39 is 5.54 Å². The maximum atomic E-state index is 12.4. The Balaban J connectivity index is 1.67. The Morgan fingerprint density at radius 3 is 2.48 bits per heavy atom. The molecule has 0 atom stereocenters. The van der Waals surface area contributed by atoms with E-state index in [2.05, 4.69) is 22.1 Å². The van der Waals surface area contributed by atoms with Gasteiger partial charge in [0.15, 0.2) is 0 Å². The zero-order valence-electron chi connectivity index (χ0n) is 15.4. The zero-order chi connectivity index (χ0) is 21.0. The number of carbonyl (C=O) groups excluding carboxylic acids is 1. The maximum Gasteiger partial charge on any atom is 0.279 e. The van der Waals surface area contributed by atoms with Crippen molar-refractivity contribution in [2.75, 3.05) is 0 Å². The fourth-order valence-electron chi connectivity index (χ4n) is 2.22. The lowest BCUT2D eigenvalue weighted by Gasteiger charge is -2.19. The molecule has 0 aliphatic heterocycles. The van der Waals surface area contributed by atoms with Crippen molar-refractivity contribution in [1.29, 1.82) is 0 Å². The van der Waals surface area contributed by atoms with Gasteiger partial charge in [-0.25, -0.2) is 4.98 Å². The summed E-state index contributed by atoms with van der Waals surface area (Å²) in [6, 6.07) is 11.6. The third-order valence-electron chi connectivity index (χ3n) is 3.61. The molecule has 0 saturated carbocycles. The number of nitrogens with one attached hydrogen (secondary N) is 1. The van der Waals surface area contributed by atoms with Crippen LogP contribution in [0.1, 0.15) is 29.1 Å². The highest BCUT2D eigenvalue weighted by molar-refractivity contribution is 7.13. The summed E-state index contributed by atoms with van der Waals surface area (Å²) in [5.41, 5.74) is -0.237. The van der Waals surface area contributed by atoms with Crippen LogP contribution >= 0.6 is 46.1 Å². The summed E-state index contributed by atoms with van der Waals surface area (Å²) >= 11 is 19.1. The molecule has 0 bridgehead atoms. The van der Waals surface area contributed by atoms with Crippen LogP contribution in [-0.4, -0.2) is 16.4 Å². The Hall–Kier alpha value is -2.23. The van der Waals surface area contributed by atoms with Crippen molar-refractivity contribution in [3.05, 3.63) is 74.2 Å². The molecule has 1 amide bonds. The lowest BCUT2D eigenvalue weighted by Crippen LogP contribution is -2.42. The minimum atomic E-state index is -0.749. The molecule has 4 nitrogen and oxygen atoms in total. The molecule has 3 aromatic rings. The van der Waals surface area contributed by atoms with Gasteiger partial charge in [-0.05, 0) is 56.3 Å². The van der Waals surface area contributed by atoms with Crippen LogP contribution in [0.5, 0.6) is 10.9 Å². The quantitative estimate of drug-likeness (QED) is 0.450. The lowest BCUT2D eigenvalue weighted by molar-refractivity contribution is 0.0930. The SMILES string of the molecule is CC(C)(C#Cc1cnc(Oc2ccc(Cl)cc2Cl)s1)NC(=O)c1ccc(Cl)cc1. The maximum absolute atomic E-state index is 12.4. The predicted molar refractivity (Wildman–Crippen MR) is 119 cm³/mol. The van der Waals surface area contributed by atoms with Gasteiger partial charge in [0.25, 0.3) is 11.1 Å². The molecule has 0 spiro atoms. The van der Waals surface area contributed by atoms with Gasteiger partial charge in [-0.1, -0.05) is 58.0 Å². The number of carbonyl (C=O) groups is 1. The van der Waals surface area contributed by atoms with E-state index in [1.54, 1.807) is 48.7 Å². The second kappa shape index (κ2) is 9.06. The highest BCUT2D eigenvalue weighted by atomic mass is 35.5. The van der Waals surface area contributed by atoms with E-state index in [0.29, 0.717) is 36.5 Å². The number of ether oxygens (including phenoxy) is 1. The van der Waals surface area contributed by atoms with Gasteiger partial charge in [0.2, 0.25) is 0 Å². The number of hydrogen-bond acceptors (Lipinski definition) is 4. The molecule has 8 heteroatoms. The van der Waals surface area contributed by atoms with Crippen LogP contribution in [0, 0.1) is 11.8 Å². The first-order chi connectivity index (χ1) is 13.7. The van der Waals surface area contributed by atoms with Crippen molar-refractivity contribution in [2.45, 2.75) is 19.4 Å². The molecule has 0 unspecified atom stereocenters. The summed E-state index contributed by atoms with van der Waals surface area (Å²) in [6.07, 6.45) is 1.61. The van der Waals surface area contributed by atoms with E-state index >= 15 is 0 Å². The van der Waals surface area contributed by atoms with Crippen molar-refractivity contribution < 1.29 is 9.53 Å². The van der Waals surface area contributed by atoms with Crippen LogP contribution in [0.2, 0.25) is 15.1 Å². The zero-order valence-corrected chi connectivity index (χ0v) is 18.5. The number of amides is 1. The van der Waals surface area contributed by atoms with Crippen LogP contribution in [-0.2, 0) is 0 Å². The predicted octanol–water partition coefficient (Wildman–Crippen LogP) is 6.46. The van der Waals surface area contributed by atoms with Crippen molar-refractivity contribution in [1.82, 2.24) is 10.3 Å². The molecule has 0 aliphatic carbocycles. The van der Waals surface area contributed by atoms with Gasteiger partial charge in [-0.3, -0.25) is 4.79 Å². The second-order valence-corrected chi connectivity index (χ2v) is 8.78. The fourth-order valence-corrected chi connectivity index (χ4v) is 3.43. The van der Waals surface area contributed by atoms with Crippen molar-refractivity contribution in [3.63, 3.8) is 0 Å². The summed E-state index contributed by atoms with van der Waals surface area (Å²) in [5.74, 6) is 6.29. The van der Waals surface area contributed by atoms with Gasteiger partial charge < -0.3 is 10.1 Å². The van der Waals surface area contributed by atoms with Gasteiger partial charge >= 0.3 is 0 Å². The highest BCUT2D eigenvalue weighted by Gasteiger charge is 2.18.